The van der Waals surface area contributed by atoms with Gasteiger partial charge in [0.05, 0.1) is 11.6 Å². The Morgan fingerprint density at radius 3 is 2.63 bits per heavy atom. The predicted octanol–water partition coefficient (Wildman–Crippen LogP) is 5.49. The van der Waals surface area contributed by atoms with Crippen LogP contribution in [-0.2, 0) is 12.8 Å². The first-order chi connectivity index (χ1) is 14.7. The Balaban J connectivity index is 1.84. The Morgan fingerprint density at radius 1 is 0.967 bits per heavy atom. The fraction of sp³-hybridized carbons (Fsp3) is 0.185. The summed E-state index contributed by atoms with van der Waals surface area (Å²) in [6, 6.07) is 26.1. The van der Waals surface area contributed by atoms with Crippen molar-refractivity contribution < 1.29 is 0 Å². The summed E-state index contributed by atoms with van der Waals surface area (Å²) in [7, 11) is 2.01. The van der Waals surface area contributed by atoms with Gasteiger partial charge >= 0.3 is 0 Å². The van der Waals surface area contributed by atoms with E-state index in [1.165, 1.54) is 27.8 Å². The Morgan fingerprint density at radius 2 is 1.80 bits per heavy atom. The molecule has 0 radical (unpaired) electrons. The first-order valence-corrected chi connectivity index (χ1v) is 10.4. The molecule has 0 spiro atoms. The van der Waals surface area contributed by atoms with Gasteiger partial charge in [-0.05, 0) is 84.0 Å². The van der Waals surface area contributed by atoms with Crippen molar-refractivity contribution in [2.75, 3.05) is 7.05 Å². The normalized spacial score (nSPS) is 15.2. The quantitative estimate of drug-likeness (QED) is 0.468. The van der Waals surface area contributed by atoms with Crippen LogP contribution in [0.3, 0.4) is 0 Å². The summed E-state index contributed by atoms with van der Waals surface area (Å²) in [4.78, 5) is 4.56. The molecule has 3 aromatic carbocycles. The average Bonchev–Trinajstić information content (AvgIpc) is 2.79. The van der Waals surface area contributed by atoms with Gasteiger partial charge in [0.15, 0.2) is 0 Å². The minimum atomic E-state index is 0.0982. The molecular formula is C27H23N3. The molecule has 30 heavy (non-hydrogen) atoms. The molecule has 0 amide bonds. The van der Waals surface area contributed by atoms with Crippen molar-refractivity contribution in [2.45, 2.75) is 25.8 Å². The van der Waals surface area contributed by atoms with Crippen LogP contribution in [-0.4, -0.2) is 12.0 Å². The number of fused-ring (bicyclic) bond motifs is 6. The number of rotatable bonds is 1. The standard InChI is InChI=1S/C27H23N3/c1-17-6-8-21-13-19(17)9-7-18-4-3-5-20(12-18)24-15-23(16-28)30-26-11-10-22(14-25(24)26)27(21)29-2/h3-6,8,10-15,27,29H,7,9H2,1-2H3. The van der Waals surface area contributed by atoms with Gasteiger partial charge in [-0.15, -0.1) is 0 Å². The molecule has 1 aliphatic rings. The van der Waals surface area contributed by atoms with E-state index in [1.807, 2.05) is 19.2 Å². The number of pyridine rings is 1. The van der Waals surface area contributed by atoms with Crippen LogP contribution < -0.4 is 5.32 Å². The molecule has 6 bridgehead atoms. The molecule has 3 heteroatoms. The van der Waals surface area contributed by atoms with Crippen molar-refractivity contribution in [1.29, 1.82) is 5.26 Å². The van der Waals surface area contributed by atoms with E-state index in [0.29, 0.717) is 5.69 Å². The van der Waals surface area contributed by atoms with Crippen LogP contribution in [0.4, 0.5) is 0 Å². The first kappa shape index (κ1) is 18.5. The van der Waals surface area contributed by atoms with Crippen molar-refractivity contribution in [2.24, 2.45) is 0 Å². The fourth-order valence-electron chi connectivity index (χ4n) is 4.56. The zero-order valence-corrected chi connectivity index (χ0v) is 17.2. The SMILES string of the molecule is CNC1c2ccc(C)c(c2)CCc2cccc(c2)-c2cc(C#N)nc3ccc1cc23. The summed E-state index contributed by atoms with van der Waals surface area (Å²) in [5.74, 6) is 0. The fourth-order valence-corrected chi connectivity index (χ4v) is 4.56. The first-order valence-electron chi connectivity index (χ1n) is 10.4. The molecule has 1 N–H and O–H groups in total. The summed E-state index contributed by atoms with van der Waals surface area (Å²) in [5, 5.41) is 14.1. The van der Waals surface area contributed by atoms with Gasteiger partial charge in [-0.1, -0.05) is 48.5 Å². The maximum atomic E-state index is 9.52. The number of nitrogens with zero attached hydrogens (tertiary/aromatic N) is 2. The van der Waals surface area contributed by atoms with Crippen LogP contribution in [0, 0.1) is 18.3 Å². The predicted molar refractivity (Wildman–Crippen MR) is 121 cm³/mol. The van der Waals surface area contributed by atoms with Crippen LogP contribution in [0.1, 0.15) is 39.6 Å². The van der Waals surface area contributed by atoms with E-state index in [1.54, 1.807) is 0 Å². The summed E-state index contributed by atoms with van der Waals surface area (Å²) in [5.41, 5.74) is 10.0. The molecule has 1 heterocycles. The third kappa shape index (κ3) is 3.16. The minimum Gasteiger partial charge on any atom is -0.309 e. The van der Waals surface area contributed by atoms with Crippen molar-refractivity contribution in [3.05, 3.63) is 100 Å². The number of nitrogens with one attached hydrogen (secondary N) is 1. The highest BCUT2D eigenvalue weighted by Gasteiger charge is 2.17. The van der Waals surface area contributed by atoms with Crippen LogP contribution in [0.5, 0.6) is 0 Å². The van der Waals surface area contributed by atoms with Gasteiger partial charge in [0.1, 0.15) is 11.8 Å². The second kappa shape index (κ2) is 7.40. The molecule has 1 aliphatic carbocycles. The summed E-state index contributed by atoms with van der Waals surface area (Å²) >= 11 is 0. The Labute approximate surface area is 177 Å². The van der Waals surface area contributed by atoms with Crippen LogP contribution in [0.15, 0.2) is 66.7 Å². The maximum absolute atomic E-state index is 9.52. The highest BCUT2D eigenvalue weighted by atomic mass is 14.9. The van der Waals surface area contributed by atoms with Gasteiger partial charge in [0.25, 0.3) is 0 Å². The lowest BCUT2D eigenvalue weighted by atomic mass is 9.92. The van der Waals surface area contributed by atoms with E-state index in [0.717, 1.165) is 34.9 Å². The summed E-state index contributed by atoms with van der Waals surface area (Å²) in [6.45, 7) is 2.19. The van der Waals surface area contributed by atoms with E-state index in [-0.39, 0.29) is 6.04 Å². The lowest BCUT2D eigenvalue weighted by Crippen LogP contribution is -2.18. The molecule has 146 valence electrons. The third-order valence-electron chi connectivity index (χ3n) is 6.20. The molecule has 0 fully saturated rings. The van der Waals surface area contributed by atoms with Gasteiger partial charge in [0.2, 0.25) is 0 Å². The molecule has 1 atom stereocenters. The smallest absolute Gasteiger partial charge is 0.141 e. The summed E-state index contributed by atoms with van der Waals surface area (Å²) < 4.78 is 0. The number of aryl methyl sites for hydroxylation is 3. The number of hydrogen-bond acceptors (Lipinski definition) is 3. The van der Waals surface area contributed by atoms with Crippen molar-refractivity contribution in [1.82, 2.24) is 10.3 Å². The molecule has 4 aromatic rings. The highest BCUT2D eigenvalue weighted by Crippen LogP contribution is 2.34. The molecule has 3 nitrogen and oxygen atoms in total. The minimum absolute atomic E-state index is 0.0982. The zero-order chi connectivity index (χ0) is 20.7. The van der Waals surface area contributed by atoms with E-state index in [4.69, 9.17) is 0 Å². The van der Waals surface area contributed by atoms with Gasteiger partial charge in [-0.3, -0.25) is 0 Å². The molecule has 5 rings (SSSR count). The van der Waals surface area contributed by atoms with Crippen molar-refractivity contribution in [3.63, 3.8) is 0 Å². The topological polar surface area (TPSA) is 48.7 Å². The van der Waals surface area contributed by atoms with E-state index >= 15 is 0 Å². The average molecular weight is 390 g/mol. The summed E-state index contributed by atoms with van der Waals surface area (Å²) in [6.07, 6.45) is 1.99. The van der Waals surface area contributed by atoms with Crippen LogP contribution in [0.2, 0.25) is 0 Å². The molecular weight excluding hydrogens is 366 g/mol. The van der Waals surface area contributed by atoms with Crippen molar-refractivity contribution >= 4 is 10.9 Å². The number of nitriles is 1. The Bertz CT molecular complexity index is 1310. The molecule has 1 aromatic heterocycles. The second-order valence-electron chi connectivity index (χ2n) is 8.05. The Kier molecular flexibility index (Phi) is 4.58. The van der Waals surface area contributed by atoms with Gasteiger partial charge in [-0.25, -0.2) is 4.98 Å². The second-order valence-corrected chi connectivity index (χ2v) is 8.05. The number of benzene rings is 3. The number of hydrogen-bond donors (Lipinski definition) is 1. The van der Waals surface area contributed by atoms with Crippen LogP contribution in [0.25, 0.3) is 22.0 Å². The molecule has 0 aliphatic heterocycles. The maximum Gasteiger partial charge on any atom is 0.141 e. The van der Waals surface area contributed by atoms with Gasteiger partial charge < -0.3 is 5.32 Å². The van der Waals surface area contributed by atoms with E-state index < -0.39 is 0 Å². The lowest BCUT2D eigenvalue weighted by molar-refractivity contribution is 0.691. The van der Waals surface area contributed by atoms with Crippen LogP contribution >= 0.6 is 0 Å². The number of aromatic nitrogens is 1. The highest BCUT2D eigenvalue weighted by molar-refractivity contribution is 5.95. The van der Waals surface area contributed by atoms with Gasteiger partial charge in [0, 0.05) is 5.39 Å². The van der Waals surface area contributed by atoms with Crippen molar-refractivity contribution in [3.8, 4) is 17.2 Å². The zero-order valence-electron chi connectivity index (χ0n) is 17.2. The van der Waals surface area contributed by atoms with E-state index in [9.17, 15) is 5.26 Å². The third-order valence-corrected chi connectivity index (χ3v) is 6.20. The van der Waals surface area contributed by atoms with Gasteiger partial charge in [-0.2, -0.15) is 5.26 Å². The monoisotopic (exact) mass is 389 g/mol. The molecule has 0 saturated heterocycles. The largest absolute Gasteiger partial charge is 0.309 e. The molecule has 0 saturated carbocycles. The Hall–Kier alpha value is -3.48. The lowest BCUT2D eigenvalue weighted by Gasteiger charge is -2.20. The van der Waals surface area contributed by atoms with E-state index in [2.05, 4.69) is 77.9 Å². The molecule has 1 unspecified atom stereocenters.